The van der Waals surface area contributed by atoms with Crippen LogP contribution in [0.2, 0.25) is 0 Å². The summed E-state index contributed by atoms with van der Waals surface area (Å²) in [4.78, 5) is 24.5. The molecule has 0 aliphatic carbocycles. The van der Waals surface area contributed by atoms with Crippen LogP contribution in [0.3, 0.4) is 0 Å². The number of hydrogen-bond acceptors (Lipinski definition) is 3. The van der Waals surface area contributed by atoms with Crippen LogP contribution in [0.15, 0.2) is 23.1 Å². The fourth-order valence-electron chi connectivity index (χ4n) is 1.70. The maximum absolute atomic E-state index is 11.8. The maximum atomic E-state index is 11.8. The van der Waals surface area contributed by atoms with E-state index in [1.54, 1.807) is 11.8 Å². The van der Waals surface area contributed by atoms with E-state index >= 15 is 0 Å². The first kappa shape index (κ1) is 17.6. The van der Waals surface area contributed by atoms with E-state index in [0.717, 1.165) is 10.5 Å². The second-order valence-corrected chi connectivity index (χ2v) is 8.17. The Balaban J connectivity index is 2.77. The summed E-state index contributed by atoms with van der Waals surface area (Å²) in [6.07, 6.45) is 0. The highest BCUT2D eigenvalue weighted by molar-refractivity contribution is 8.00. The molecule has 0 saturated heterocycles. The molecule has 0 saturated carbocycles. The third kappa shape index (κ3) is 6.21. The smallest absolute Gasteiger partial charge is 0.313 e. The zero-order valence-electron chi connectivity index (χ0n) is 13.5. The minimum absolute atomic E-state index is 0.0603. The molecule has 1 rings (SSSR count). The molecule has 2 amide bonds. The monoisotopic (exact) mass is 308 g/mol. The van der Waals surface area contributed by atoms with Gasteiger partial charge in [0.15, 0.2) is 0 Å². The van der Waals surface area contributed by atoms with Crippen LogP contribution >= 0.6 is 11.8 Å². The Morgan fingerprint density at radius 3 is 2.24 bits per heavy atom. The van der Waals surface area contributed by atoms with Crippen molar-refractivity contribution in [1.82, 2.24) is 5.32 Å². The number of carbonyl (C=O) groups is 2. The fraction of sp³-hybridized carbons (Fsp3) is 0.500. The molecule has 0 aliphatic rings. The molecule has 116 valence electrons. The van der Waals surface area contributed by atoms with Crippen LogP contribution in [0.1, 0.15) is 40.2 Å². The maximum Gasteiger partial charge on any atom is 0.313 e. The van der Waals surface area contributed by atoms with Gasteiger partial charge < -0.3 is 10.6 Å². The first-order valence-corrected chi connectivity index (χ1v) is 7.81. The van der Waals surface area contributed by atoms with E-state index < -0.39 is 11.8 Å². The molecule has 0 aliphatic heterocycles. The summed E-state index contributed by atoms with van der Waals surface area (Å²) in [5.41, 5.74) is 1.60. The Labute approximate surface area is 131 Å². The Kier molecular flexibility index (Phi) is 5.84. The standard InChI is InChI=1S/C16H24N2O2S/c1-10(2)17-14(19)15(20)18-13-8-7-12(9-11(13)3)21-16(4,5)6/h7-10H,1-6H3,(H,17,19)(H,18,20). The van der Waals surface area contributed by atoms with E-state index in [1.165, 1.54) is 0 Å². The summed E-state index contributed by atoms with van der Waals surface area (Å²) in [5.74, 6) is -1.25. The van der Waals surface area contributed by atoms with E-state index in [4.69, 9.17) is 0 Å². The van der Waals surface area contributed by atoms with Crippen LogP contribution in [-0.4, -0.2) is 22.6 Å². The van der Waals surface area contributed by atoms with Crippen LogP contribution in [0.25, 0.3) is 0 Å². The summed E-state index contributed by atoms with van der Waals surface area (Å²) in [5, 5.41) is 5.21. The van der Waals surface area contributed by atoms with Gasteiger partial charge in [0.1, 0.15) is 0 Å². The number of nitrogens with one attached hydrogen (secondary N) is 2. The van der Waals surface area contributed by atoms with E-state index in [9.17, 15) is 9.59 Å². The van der Waals surface area contributed by atoms with Gasteiger partial charge in [-0.1, -0.05) is 20.8 Å². The minimum Gasteiger partial charge on any atom is -0.346 e. The summed E-state index contributed by atoms with van der Waals surface area (Å²) in [7, 11) is 0. The molecule has 0 unspecified atom stereocenters. The highest BCUT2D eigenvalue weighted by atomic mass is 32.2. The van der Waals surface area contributed by atoms with Crippen molar-refractivity contribution in [1.29, 1.82) is 0 Å². The summed E-state index contributed by atoms with van der Waals surface area (Å²) >= 11 is 1.77. The van der Waals surface area contributed by atoms with Gasteiger partial charge in [-0.15, -0.1) is 11.8 Å². The fourth-order valence-corrected chi connectivity index (χ4v) is 2.78. The average Bonchev–Trinajstić information content (AvgIpc) is 2.29. The van der Waals surface area contributed by atoms with E-state index in [0.29, 0.717) is 5.69 Å². The normalized spacial score (nSPS) is 11.4. The van der Waals surface area contributed by atoms with Crippen molar-refractivity contribution in [2.24, 2.45) is 0 Å². The summed E-state index contributed by atoms with van der Waals surface area (Å²) < 4.78 is 0.133. The molecule has 1 aromatic carbocycles. The summed E-state index contributed by atoms with van der Waals surface area (Å²) in [6, 6.07) is 5.75. The van der Waals surface area contributed by atoms with Crippen molar-refractivity contribution >= 4 is 29.3 Å². The van der Waals surface area contributed by atoms with Gasteiger partial charge >= 0.3 is 11.8 Å². The van der Waals surface area contributed by atoms with Crippen molar-refractivity contribution in [2.75, 3.05) is 5.32 Å². The Bertz CT molecular complexity index is 534. The molecule has 0 fully saturated rings. The summed E-state index contributed by atoms with van der Waals surface area (Å²) in [6.45, 7) is 12.0. The highest BCUT2D eigenvalue weighted by Gasteiger charge is 2.16. The van der Waals surface area contributed by atoms with Gasteiger partial charge in [0.2, 0.25) is 0 Å². The highest BCUT2D eigenvalue weighted by Crippen LogP contribution is 2.33. The quantitative estimate of drug-likeness (QED) is 0.665. The second-order valence-electron chi connectivity index (χ2n) is 6.27. The largest absolute Gasteiger partial charge is 0.346 e. The molecule has 0 spiro atoms. The first-order chi connectivity index (χ1) is 9.58. The molecule has 5 heteroatoms. The molecule has 0 radical (unpaired) electrons. The van der Waals surface area contributed by atoms with Crippen molar-refractivity contribution in [3.05, 3.63) is 23.8 Å². The van der Waals surface area contributed by atoms with Crippen molar-refractivity contribution in [2.45, 2.75) is 57.2 Å². The number of amides is 2. The minimum atomic E-state index is -0.636. The molecule has 2 N–H and O–H groups in total. The third-order valence-corrected chi connectivity index (χ3v) is 3.60. The Morgan fingerprint density at radius 1 is 1.14 bits per heavy atom. The van der Waals surface area contributed by atoms with E-state index in [-0.39, 0.29) is 10.8 Å². The van der Waals surface area contributed by atoms with Crippen molar-refractivity contribution in [3.8, 4) is 0 Å². The van der Waals surface area contributed by atoms with Gasteiger partial charge in [0.05, 0.1) is 0 Å². The molecular weight excluding hydrogens is 284 g/mol. The zero-order valence-corrected chi connectivity index (χ0v) is 14.4. The van der Waals surface area contributed by atoms with Crippen LogP contribution < -0.4 is 10.6 Å². The number of benzene rings is 1. The average molecular weight is 308 g/mol. The van der Waals surface area contributed by atoms with Gasteiger partial charge in [0, 0.05) is 21.4 Å². The number of aryl methyl sites for hydroxylation is 1. The molecule has 0 aromatic heterocycles. The lowest BCUT2D eigenvalue weighted by molar-refractivity contribution is -0.136. The van der Waals surface area contributed by atoms with E-state index in [1.807, 2.05) is 39.0 Å². The SMILES string of the molecule is Cc1cc(SC(C)(C)C)ccc1NC(=O)C(=O)NC(C)C. The number of thioether (sulfide) groups is 1. The molecule has 1 aromatic rings. The van der Waals surface area contributed by atoms with Gasteiger partial charge in [-0.25, -0.2) is 0 Å². The van der Waals surface area contributed by atoms with E-state index in [2.05, 4.69) is 31.4 Å². The van der Waals surface area contributed by atoms with Gasteiger partial charge in [0.25, 0.3) is 0 Å². The third-order valence-electron chi connectivity index (χ3n) is 2.50. The predicted molar refractivity (Wildman–Crippen MR) is 88.7 cm³/mol. The van der Waals surface area contributed by atoms with Gasteiger partial charge in [-0.3, -0.25) is 9.59 Å². The zero-order chi connectivity index (χ0) is 16.2. The van der Waals surface area contributed by atoms with Crippen LogP contribution in [0.4, 0.5) is 5.69 Å². The Morgan fingerprint density at radius 2 is 1.76 bits per heavy atom. The lowest BCUT2D eigenvalue weighted by Crippen LogP contribution is -2.39. The van der Waals surface area contributed by atoms with Crippen LogP contribution in [-0.2, 0) is 9.59 Å². The first-order valence-electron chi connectivity index (χ1n) is 7.00. The molecular formula is C16H24N2O2S. The Hall–Kier alpha value is -1.49. The molecule has 4 nitrogen and oxygen atoms in total. The number of anilines is 1. The van der Waals surface area contributed by atoms with Gasteiger partial charge in [-0.05, 0) is 44.5 Å². The number of rotatable bonds is 3. The van der Waals surface area contributed by atoms with Crippen LogP contribution in [0.5, 0.6) is 0 Å². The second kappa shape index (κ2) is 6.98. The number of carbonyl (C=O) groups excluding carboxylic acids is 2. The molecule has 21 heavy (non-hydrogen) atoms. The lowest BCUT2D eigenvalue weighted by atomic mass is 10.2. The van der Waals surface area contributed by atoms with Gasteiger partial charge in [-0.2, -0.15) is 0 Å². The molecule has 0 heterocycles. The number of hydrogen-bond donors (Lipinski definition) is 2. The predicted octanol–water partition coefficient (Wildman–Crippen LogP) is 3.35. The molecule has 0 bridgehead atoms. The van der Waals surface area contributed by atoms with Crippen molar-refractivity contribution < 1.29 is 9.59 Å². The van der Waals surface area contributed by atoms with Crippen molar-refractivity contribution in [3.63, 3.8) is 0 Å². The molecule has 0 atom stereocenters. The van der Waals surface area contributed by atoms with Crippen LogP contribution in [0, 0.1) is 6.92 Å². The topological polar surface area (TPSA) is 58.2 Å². The lowest BCUT2D eigenvalue weighted by Gasteiger charge is -2.18.